The van der Waals surface area contributed by atoms with E-state index in [9.17, 15) is 4.79 Å². The van der Waals surface area contributed by atoms with Crippen LogP contribution in [0.25, 0.3) is 11.5 Å². The zero-order valence-corrected chi connectivity index (χ0v) is 17.2. The predicted octanol–water partition coefficient (Wildman–Crippen LogP) is 2.85. The van der Waals surface area contributed by atoms with Crippen LogP contribution in [0, 0.1) is 0 Å². The SMILES string of the molecule is COc1ccc(C2c3c(n[nH]c3-c3ccco3)C(=O)N2CC(OC)OC)cc1OC. The normalized spacial score (nSPS) is 15.7. The van der Waals surface area contributed by atoms with Gasteiger partial charge in [-0.05, 0) is 29.8 Å². The molecule has 1 atom stereocenters. The Bertz CT molecular complexity index is 1030. The highest BCUT2D eigenvalue weighted by Gasteiger charge is 2.44. The van der Waals surface area contributed by atoms with E-state index in [1.807, 2.05) is 24.3 Å². The summed E-state index contributed by atoms with van der Waals surface area (Å²) in [5, 5.41) is 7.23. The molecule has 30 heavy (non-hydrogen) atoms. The minimum absolute atomic E-state index is 0.221. The Hall–Kier alpha value is -3.30. The van der Waals surface area contributed by atoms with Crippen molar-refractivity contribution in [1.29, 1.82) is 0 Å². The van der Waals surface area contributed by atoms with Crippen molar-refractivity contribution in [2.24, 2.45) is 0 Å². The smallest absolute Gasteiger partial charge is 0.275 e. The molecule has 1 amide bonds. The fourth-order valence-corrected chi connectivity index (χ4v) is 3.76. The Kier molecular flexibility index (Phi) is 5.47. The van der Waals surface area contributed by atoms with E-state index in [1.54, 1.807) is 31.4 Å². The second-order valence-corrected chi connectivity index (χ2v) is 6.71. The standard InChI is InChI=1S/C21H23N3O6/c1-26-13-8-7-12(10-15(13)27-2)20-17-18(14-6-5-9-30-14)22-23-19(17)21(25)24(20)11-16(28-3)29-4/h5-10,16,20H,11H2,1-4H3,(H,22,23). The average molecular weight is 413 g/mol. The first kappa shape index (κ1) is 20.0. The molecule has 1 aliphatic heterocycles. The fourth-order valence-electron chi connectivity index (χ4n) is 3.76. The summed E-state index contributed by atoms with van der Waals surface area (Å²) in [6, 6.07) is 8.72. The lowest BCUT2D eigenvalue weighted by Gasteiger charge is -2.29. The lowest BCUT2D eigenvalue weighted by molar-refractivity contribution is -0.113. The Labute approximate surface area is 173 Å². The highest BCUT2D eigenvalue weighted by atomic mass is 16.7. The second kappa shape index (κ2) is 8.21. The number of furan rings is 1. The van der Waals surface area contributed by atoms with Crippen LogP contribution in [0.4, 0.5) is 0 Å². The molecule has 1 aromatic carbocycles. The maximum Gasteiger partial charge on any atom is 0.275 e. The number of H-pyrrole nitrogens is 1. The number of hydrogen-bond acceptors (Lipinski definition) is 7. The molecule has 2 aromatic heterocycles. The van der Waals surface area contributed by atoms with Gasteiger partial charge in [0, 0.05) is 19.8 Å². The number of methoxy groups -OCH3 is 4. The maximum atomic E-state index is 13.3. The number of nitrogens with zero attached hydrogens (tertiary/aromatic N) is 2. The molecule has 3 heterocycles. The van der Waals surface area contributed by atoms with E-state index in [2.05, 4.69) is 10.2 Å². The number of fused-ring (bicyclic) bond motifs is 1. The third-order valence-electron chi connectivity index (χ3n) is 5.21. The maximum absolute atomic E-state index is 13.3. The number of hydrogen-bond donors (Lipinski definition) is 1. The molecule has 4 rings (SSSR count). The third-order valence-corrected chi connectivity index (χ3v) is 5.21. The molecular formula is C21H23N3O6. The minimum Gasteiger partial charge on any atom is -0.493 e. The molecule has 1 aliphatic rings. The van der Waals surface area contributed by atoms with Crippen molar-refractivity contribution in [1.82, 2.24) is 15.1 Å². The molecule has 1 N–H and O–H groups in total. The van der Waals surface area contributed by atoms with Crippen LogP contribution in [-0.4, -0.2) is 62.3 Å². The Morgan fingerprint density at radius 2 is 1.90 bits per heavy atom. The van der Waals surface area contributed by atoms with Crippen molar-refractivity contribution in [2.45, 2.75) is 12.3 Å². The van der Waals surface area contributed by atoms with Crippen LogP contribution in [0.1, 0.15) is 27.7 Å². The van der Waals surface area contributed by atoms with Crippen molar-refractivity contribution in [2.75, 3.05) is 35.0 Å². The van der Waals surface area contributed by atoms with Crippen molar-refractivity contribution in [3.05, 3.63) is 53.4 Å². The van der Waals surface area contributed by atoms with Crippen LogP contribution in [0.15, 0.2) is 41.0 Å². The van der Waals surface area contributed by atoms with E-state index >= 15 is 0 Å². The zero-order valence-electron chi connectivity index (χ0n) is 17.2. The third kappa shape index (κ3) is 3.21. The number of nitrogens with one attached hydrogen (secondary N) is 1. The molecule has 3 aromatic rings. The molecular weight excluding hydrogens is 390 g/mol. The molecule has 0 saturated heterocycles. The summed E-state index contributed by atoms with van der Waals surface area (Å²) in [6.45, 7) is 0.221. The lowest BCUT2D eigenvalue weighted by atomic mass is 9.97. The number of benzene rings is 1. The number of rotatable bonds is 8. The first-order chi connectivity index (χ1) is 14.6. The molecule has 0 fully saturated rings. The average Bonchev–Trinajstić information content (AvgIpc) is 3.50. The van der Waals surface area contributed by atoms with Crippen LogP contribution in [0.3, 0.4) is 0 Å². The van der Waals surface area contributed by atoms with Crippen molar-refractivity contribution in [3.63, 3.8) is 0 Å². The topological polar surface area (TPSA) is 99.1 Å². The minimum atomic E-state index is -0.586. The molecule has 158 valence electrons. The quantitative estimate of drug-likeness (QED) is 0.567. The molecule has 1 unspecified atom stereocenters. The summed E-state index contributed by atoms with van der Waals surface area (Å²) in [4.78, 5) is 14.9. The molecule has 0 aliphatic carbocycles. The number of amides is 1. The summed E-state index contributed by atoms with van der Waals surface area (Å²) in [6.07, 6.45) is 0.991. The van der Waals surface area contributed by atoms with E-state index in [0.717, 1.165) is 11.1 Å². The van der Waals surface area contributed by atoms with Crippen LogP contribution in [0.5, 0.6) is 11.5 Å². The van der Waals surface area contributed by atoms with Crippen LogP contribution < -0.4 is 9.47 Å². The van der Waals surface area contributed by atoms with E-state index in [0.29, 0.717) is 28.6 Å². The van der Waals surface area contributed by atoms with Gasteiger partial charge in [0.1, 0.15) is 5.69 Å². The van der Waals surface area contributed by atoms with Gasteiger partial charge < -0.3 is 28.3 Å². The van der Waals surface area contributed by atoms with Crippen molar-refractivity contribution >= 4 is 5.91 Å². The predicted molar refractivity (Wildman–Crippen MR) is 107 cm³/mol. The first-order valence-electron chi connectivity index (χ1n) is 9.33. The fraction of sp³-hybridized carbons (Fsp3) is 0.333. The second-order valence-electron chi connectivity index (χ2n) is 6.71. The molecule has 0 bridgehead atoms. The Morgan fingerprint density at radius 3 is 2.53 bits per heavy atom. The number of ether oxygens (including phenoxy) is 4. The highest BCUT2D eigenvalue weighted by Crippen LogP contribution is 2.44. The number of carbonyl (C=O) groups excluding carboxylic acids is 1. The van der Waals surface area contributed by atoms with Gasteiger partial charge in [0.2, 0.25) is 0 Å². The summed E-state index contributed by atoms with van der Waals surface area (Å²) in [7, 11) is 6.22. The van der Waals surface area contributed by atoms with Crippen molar-refractivity contribution < 1.29 is 28.2 Å². The Balaban J connectivity index is 1.86. The van der Waals surface area contributed by atoms with Gasteiger partial charge in [0.05, 0.1) is 33.1 Å². The van der Waals surface area contributed by atoms with Gasteiger partial charge >= 0.3 is 0 Å². The number of aromatic nitrogens is 2. The van der Waals surface area contributed by atoms with E-state index < -0.39 is 12.3 Å². The summed E-state index contributed by atoms with van der Waals surface area (Å²) in [5.74, 6) is 1.54. The number of aromatic amines is 1. The summed E-state index contributed by atoms with van der Waals surface area (Å²) >= 11 is 0. The summed E-state index contributed by atoms with van der Waals surface area (Å²) in [5.41, 5.74) is 2.55. The molecule has 0 spiro atoms. The van der Waals surface area contributed by atoms with Crippen LogP contribution in [-0.2, 0) is 9.47 Å². The molecule has 9 nitrogen and oxygen atoms in total. The van der Waals surface area contributed by atoms with E-state index in [4.69, 9.17) is 23.4 Å². The van der Waals surface area contributed by atoms with Gasteiger partial charge in [-0.2, -0.15) is 5.10 Å². The van der Waals surface area contributed by atoms with Crippen molar-refractivity contribution in [3.8, 4) is 23.0 Å². The largest absolute Gasteiger partial charge is 0.493 e. The number of carbonyl (C=O) groups is 1. The lowest BCUT2D eigenvalue weighted by Crippen LogP contribution is -2.38. The van der Waals surface area contributed by atoms with Gasteiger partial charge in [-0.25, -0.2) is 0 Å². The Morgan fingerprint density at radius 1 is 1.13 bits per heavy atom. The van der Waals surface area contributed by atoms with Gasteiger partial charge in [-0.15, -0.1) is 0 Å². The van der Waals surface area contributed by atoms with Crippen LogP contribution in [0.2, 0.25) is 0 Å². The zero-order chi connectivity index (χ0) is 21.3. The van der Waals surface area contributed by atoms with Gasteiger partial charge in [0.15, 0.2) is 29.2 Å². The van der Waals surface area contributed by atoms with Crippen LogP contribution >= 0.6 is 0 Å². The van der Waals surface area contributed by atoms with Gasteiger partial charge in [-0.3, -0.25) is 9.89 Å². The molecule has 0 saturated carbocycles. The molecule has 9 heteroatoms. The first-order valence-corrected chi connectivity index (χ1v) is 9.33. The van der Waals surface area contributed by atoms with Gasteiger partial charge in [0.25, 0.3) is 5.91 Å². The molecule has 0 radical (unpaired) electrons. The van der Waals surface area contributed by atoms with E-state index in [-0.39, 0.29) is 12.5 Å². The monoisotopic (exact) mass is 413 g/mol. The summed E-state index contributed by atoms with van der Waals surface area (Å²) < 4.78 is 27.1. The van der Waals surface area contributed by atoms with Gasteiger partial charge in [-0.1, -0.05) is 6.07 Å². The highest BCUT2D eigenvalue weighted by molar-refractivity contribution is 6.00. The van der Waals surface area contributed by atoms with E-state index in [1.165, 1.54) is 14.2 Å².